The minimum absolute atomic E-state index is 0.289. The molecule has 0 saturated carbocycles. The normalized spacial score (nSPS) is 10.8. The zero-order chi connectivity index (χ0) is 21.5. The minimum Gasteiger partial charge on any atom is -0.450 e. The highest BCUT2D eigenvalue weighted by Gasteiger charge is 2.11. The second-order valence-corrected chi connectivity index (χ2v) is 6.46. The van der Waals surface area contributed by atoms with Gasteiger partial charge in [-0.15, -0.1) is 0 Å². The molecule has 0 fully saturated rings. The van der Waals surface area contributed by atoms with Gasteiger partial charge in [-0.1, -0.05) is 18.2 Å². The summed E-state index contributed by atoms with van der Waals surface area (Å²) in [5, 5.41) is 7.13. The van der Waals surface area contributed by atoms with Crippen molar-refractivity contribution in [3.8, 4) is 11.4 Å². The van der Waals surface area contributed by atoms with Crippen LogP contribution in [0.5, 0.6) is 5.75 Å². The van der Waals surface area contributed by atoms with Crippen molar-refractivity contribution in [2.24, 2.45) is 0 Å². The van der Waals surface area contributed by atoms with Gasteiger partial charge in [-0.3, -0.25) is 5.32 Å². The Morgan fingerprint density at radius 2 is 1.77 bits per heavy atom. The summed E-state index contributed by atoms with van der Waals surface area (Å²) in [6.07, 6.45) is 2.54. The van der Waals surface area contributed by atoms with Crippen LogP contribution in [0.1, 0.15) is 23.9 Å². The maximum atomic E-state index is 12.2. The smallest absolute Gasteiger partial charge is 0.411 e. The third-order valence-electron chi connectivity index (χ3n) is 4.33. The monoisotopic (exact) mass is 405 g/mol. The van der Waals surface area contributed by atoms with Crippen molar-refractivity contribution in [2.45, 2.75) is 20.8 Å². The van der Waals surface area contributed by atoms with E-state index in [2.05, 4.69) is 10.4 Å². The Labute approximate surface area is 174 Å². The molecule has 0 aliphatic rings. The molecule has 7 heteroatoms. The van der Waals surface area contributed by atoms with Crippen LogP contribution < -0.4 is 10.1 Å². The number of hydrogen-bond donors (Lipinski definition) is 1. The van der Waals surface area contributed by atoms with E-state index in [9.17, 15) is 9.59 Å². The van der Waals surface area contributed by atoms with Gasteiger partial charge in [0.2, 0.25) is 0 Å². The van der Waals surface area contributed by atoms with E-state index < -0.39 is 12.1 Å². The largest absolute Gasteiger partial charge is 0.450 e. The fourth-order valence-electron chi connectivity index (χ4n) is 2.91. The summed E-state index contributed by atoms with van der Waals surface area (Å²) in [5.41, 5.74) is 4.11. The van der Waals surface area contributed by atoms with Crippen LogP contribution in [-0.2, 0) is 9.53 Å². The number of ether oxygens (including phenoxy) is 2. The highest BCUT2D eigenvalue weighted by molar-refractivity contribution is 5.89. The van der Waals surface area contributed by atoms with Crippen LogP contribution in [0.25, 0.3) is 11.8 Å². The van der Waals surface area contributed by atoms with E-state index in [-0.39, 0.29) is 6.61 Å². The van der Waals surface area contributed by atoms with E-state index >= 15 is 0 Å². The van der Waals surface area contributed by atoms with Crippen molar-refractivity contribution < 1.29 is 19.1 Å². The SMILES string of the molecule is CCOC(=O)Nc1ccc(OC(=O)/C=C/c2c(C)nn(-c3ccccc3)c2C)cc1. The number of carbonyl (C=O) groups is 2. The molecule has 30 heavy (non-hydrogen) atoms. The first-order valence-electron chi connectivity index (χ1n) is 9.53. The standard InChI is InChI=1S/C23H23N3O4/c1-4-29-23(28)24-18-10-12-20(13-11-18)30-22(27)15-14-21-16(2)25-26(17(21)3)19-8-6-5-7-9-19/h5-15H,4H2,1-3H3,(H,24,28)/b15-14+. The van der Waals surface area contributed by atoms with Crippen molar-refractivity contribution in [1.29, 1.82) is 0 Å². The number of carbonyl (C=O) groups excluding carboxylic acids is 2. The maximum absolute atomic E-state index is 12.2. The maximum Gasteiger partial charge on any atom is 0.411 e. The molecular formula is C23H23N3O4. The third-order valence-corrected chi connectivity index (χ3v) is 4.33. The molecule has 2 aromatic carbocycles. The summed E-state index contributed by atoms with van der Waals surface area (Å²) in [5.74, 6) is -0.139. The molecule has 0 aliphatic heterocycles. The van der Waals surface area contributed by atoms with Crippen molar-refractivity contribution in [3.05, 3.63) is 77.6 Å². The number of anilines is 1. The minimum atomic E-state index is -0.535. The fraction of sp³-hybridized carbons (Fsp3) is 0.174. The predicted octanol–water partition coefficient (Wildman–Crippen LogP) is 4.68. The van der Waals surface area contributed by atoms with Gasteiger partial charge in [0.15, 0.2) is 0 Å². The molecule has 7 nitrogen and oxygen atoms in total. The molecule has 0 unspecified atom stereocenters. The van der Waals surface area contributed by atoms with Gasteiger partial charge in [0.05, 0.1) is 18.0 Å². The summed E-state index contributed by atoms with van der Waals surface area (Å²) in [4.78, 5) is 23.6. The lowest BCUT2D eigenvalue weighted by Crippen LogP contribution is -2.13. The van der Waals surface area contributed by atoms with Crippen molar-refractivity contribution in [2.75, 3.05) is 11.9 Å². The molecule has 1 amide bonds. The Balaban J connectivity index is 1.65. The molecule has 3 aromatic rings. The van der Waals surface area contributed by atoms with Gasteiger partial charge in [0, 0.05) is 23.0 Å². The summed E-state index contributed by atoms with van der Waals surface area (Å²) in [6, 6.07) is 16.2. The van der Waals surface area contributed by atoms with Crippen LogP contribution in [0.4, 0.5) is 10.5 Å². The highest BCUT2D eigenvalue weighted by atomic mass is 16.5. The van der Waals surface area contributed by atoms with E-state index in [0.717, 1.165) is 22.6 Å². The van der Waals surface area contributed by atoms with Crippen molar-refractivity contribution in [1.82, 2.24) is 9.78 Å². The molecule has 154 valence electrons. The molecule has 0 aliphatic carbocycles. The highest BCUT2D eigenvalue weighted by Crippen LogP contribution is 2.20. The van der Waals surface area contributed by atoms with Crippen LogP contribution in [0.15, 0.2) is 60.7 Å². The van der Waals surface area contributed by atoms with E-state index in [4.69, 9.17) is 9.47 Å². The Hall–Kier alpha value is -3.87. The number of aromatic nitrogens is 2. The summed E-state index contributed by atoms with van der Waals surface area (Å²) >= 11 is 0. The first-order valence-corrected chi connectivity index (χ1v) is 9.53. The molecule has 0 atom stereocenters. The molecule has 0 spiro atoms. The molecule has 1 heterocycles. The lowest BCUT2D eigenvalue weighted by atomic mass is 10.2. The van der Waals surface area contributed by atoms with Gasteiger partial charge in [-0.05, 0) is 63.2 Å². The third kappa shape index (κ3) is 5.14. The first-order chi connectivity index (χ1) is 14.5. The van der Waals surface area contributed by atoms with Crippen molar-refractivity contribution >= 4 is 23.8 Å². The predicted molar refractivity (Wildman–Crippen MR) is 115 cm³/mol. The molecule has 3 rings (SSSR count). The molecule has 1 aromatic heterocycles. The zero-order valence-corrected chi connectivity index (χ0v) is 17.1. The number of esters is 1. The van der Waals surface area contributed by atoms with Gasteiger partial charge in [0.25, 0.3) is 0 Å². The van der Waals surface area contributed by atoms with Crippen LogP contribution in [-0.4, -0.2) is 28.4 Å². The Morgan fingerprint density at radius 1 is 1.07 bits per heavy atom. The summed E-state index contributed by atoms with van der Waals surface area (Å²) in [6.45, 7) is 5.86. The second-order valence-electron chi connectivity index (χ2n) is 6.46. The molecular weight excluding hydrogens is 382 g/mol. The second kappa shape index (κ2) is 9.56. The molecule has 0 saturated heterocycles. The van der Waals surface area contributed by atoms with Gasteiger partial charge in [-0.2, -0.15) is 5.10 Å². The molecule has 0 bridgehead atoms. The average molecular weight is 405 g/mol. The number of aryl methyl sites for hydroxylation is 1. The number of hydrogen-bond acceptors (Lipinski definition) is 5. The first kappa shape index (κ1) is 20.9. The average Bonchev–Trinajstić information content (AvgIpc) is 3.02. The number of rotatable bonds is 6. The van der Waals surface area contributed by atoms with Gasteiger partial charge < -0.3 is 9.47 Å². The summed E-state index contributed by atoms with van der Waals surface area (Å²) in [7, 11) is 0. The molecule has 1 N–H and O–H groups in total. The van der Waals surface area contributed by atoms with Crippen molar-refractivity contribution in [3.63, 3.8) is 0 Å². The quantitative estimate of drug-likeness (QED) is 0.366. The Morgan fingerprint density at radius 3 is 2.43 bits per heavy atom. The van der Waals surface area contributed by atoms with E-state index in [1.807, 2.05) is 48.9 Å². The number of nitrogens with zero attached hydrogens (tertiary/aromatic N) is 2. The summed E-state index contributed by atoms with van der Waals surface area (Å²) < 4.78 is 12.0. The number of benzene rings is 2. The Bertz CT molecular complexity index is 1050. The van der Waals surface area contributed by atoms with Crippen LogP contribution >= 0.6 is 0 Å². The van der Waals surface area contributed by atoms with Gasteiger partial charge in [-0.25, -0.2) is 14.3 Å². The van der Waals surface area contributed by atoms with E-state index in [0.29, 0.717) is 11.4 Å². The van der Waals surface area contributed by atoms with Crippen LogP contribution in [0.2, 0.25) is 0 Å². The van der Waals surface area contributed by atoms with E-state index in [1.165, 1.54) is 6.08 Å². The number of amides is 1. The molecule has 0 radical (unpaired) electrons. The Kier molecular flexibility index (Phi) is 6.64. The zero-order valence-electron chi connectivity index (χ0n) is 17.1. The number of nitrogens with one attached hydrogen (secondary N) is 1. The van der Waals surface area contributed by atoms with Crippen LogP contribution in [0, 0.1) is 13.8 Å². The van der Waals surface area contributed by atoms with E-state index in [1.54, 1.807) is 37.3 Å². The lowest BCUT2D eigenvalue weighted by molar-refractivity contribution is -0.128. The number of para-hydroxylation sites is 1. The lowest BCUT2D eigenvalue weighted by Gasteiger charge is -2.06. The van der Waals surface area contributed by atoms with Gasteiger partial charge >= 0.3 is 12.1 Å². The fourth-order valence-corrected chi connectivity index (χ4v) is 2.91. The topological polar surface area (TPSA) is 82.4 Å². The van der Waals surface area contributed by atoms with Crippen LogP contribution in [0.3, 0.4) is 0 Å². The van der Waals surface area contributed by atoms with Gasteiger partial charge in [0.1, 0.15) is 5.75 Å².